The van der Waals surface area contributed by atoms with E-state index in [-0.39, 0.29) is 24.0 Å². The Morgan fingerprint density at radius 3 is 2.46 bits per heavy atom. The number of aromatic nitrogens is 2. The van der Waals surface area contributed by atoms with E-state index in [1.54, 1.807) is 0 Å². The average molecular weight is 450 g/mol. The SMILES string of the molecule is CCCN(CC)CCNC(=NC)NCCCn1nc(C)cc1C.I. The fourth-order valence-electron chi connectivity index (χ4n) is 2.63. The van der Waals surface area contributed by atoms with E-state index in [9.17, 15) is 0 Å². The highest BCUT2D eigenvalue weighted by Crippen LogP contribution is 2.02. The number of nitrogens with zero attached hydrogens (tertiary/aromatic N) is 4. The summed E-state index contributed by atoms with van der Waals surface area (Å²) in [7, 11) is 1.82. The van der Waals surface area contributed by atoms with Gasteiger partial charge in [-0.2, -0.15) is 5.10 Å². The van der Waals surface area contributed by atoms with E-state index in [1.165, 1.54) is 12.1 Å². The van der Waals surface area contributed by atoms with Gasteiger partial charge in [0.2, 0.25) is 0 Å². The second-order valence-electron chi connectivity index (χ2n) is 5.86. The Balaban J connectivity index is 0.00000529. The van der Waals surface area contributed by atoms with Gasteiger partial charge in [-0.3, -0.25) is 9.67 Å². The van der Waals surface area contributed by atoms with Crippen LogP contribution in [0.5, 0.6) is 0 Å². The summed E-state index contributed by atoms with van der Waals surface area (Å²) >= 11 is 0. The van der Waals surface area contributed by atoms with Crippen molar-refractivity contribution in [3.63, 3.8) is 0 Å². The largest absolute Gasteiger partial charge is 0.356 e. The molecule has 0 fully saturated rings. The quantitative estimate of drug-likeness (QED) is 0.249. The van der Waals surface area contributed by atoms with E-state index in [1.807, 2.05) is 14.0 Å². The fourth-order valence-corrected chi connectivity index (χ4v) is 2.63. The van der Waals surface area contributed by atoms with Crippen LogP contribution in [0.25, 0.3) is 0 Å². The number of likely N-dealkylation sites (N-methyl/N-ethyl adjacent to an activating group) is 1. The summed E-state index contributed by atoms with van der Waals surface area (Å²) in [6.07, 6.45) is 2.23. The predicted octanol–water partition coefficient (Wildman–Crippen LogP) is 2.40. The van der Waals surface area contributed by atoms with Gasteiger partial charge in [-0.1, -0.05) is 13.8 Å². The van der Waals surface area contributed by atoms with Crippen molar-refractivity contribution in [2.75, 3.05) is 39.8 Å². The van der Waals surface area contributed by atoms with E-state index in [0.717, 1.165) is 57.3 Å². The van der Waals surface area contributed by atoms with Gasteiger partial charge in [-0.25, -0.2) is 0 Å². The molecule has 1 aromatic rings. The third kappa shape index (κ3) is 8.86. The Morgan fingerprint density at radius 2 is 1.92 bits per heavy atom. The second kappa shape index (κ2) is 13.5. The third-order valence-electron chi connectivity index (χ3n) is 3.87. The Bertz CT molecular complexity index is 472. The van der Waals surface area contributed by atoms with Crippen molar-refractivity contribution in [2.45, 2.75) is 47.1 Å². The molecule has 1 rings (SSSR count). The molecule has 0 bridgehead atoms. The Morgan fingerprint density at radius 1 is 1.21 bits per heavy atom. The van der Waals surface area contributed by atoms with Gasteiger partial charge in [0.05, 0.1) is 5.69 Å². The van der Waals surface area contributed by atoms with Crippen molar-refractivity contribution in [2.24, 2.45) is 4.99 Å². The Hall–Kier alpha value is -0.830. The van der Waals surface area contributed by atoms with Crippen molar-refractivity contribution in [3.05, 3.63) is 17.5 Å². The van der Waals surface area contributed by atoms with Crippen LogP contribution >= 0.6 is 24.0 Å². The topological polar surface area (TPSA) is 57.5 Å². The molecule has 0 aliphatic rings. The van der Waals surface area contributed by atoms with Gasteiger partial charge in [0, 0.05) is 38.9 Å². The monoisotopic (exact) mass is 450 g/mol. The molecule has 1 heterocycles. The lowest BCUT2D eigenvalue weighted by Gasteiger charge is -2.20. The van der Waals surface area contributed by atoms with Crippen molar-refractivity contribution < 1.29 is 0 Å². The van der Waals surface area contributed by atoms with Crippen LogP contribution in [-0.2, 0) is 6.54 Å². The van der Waals surface area contributed by atoms with Gasteiger partial charge in [0.25, 0.3) is 0 Å². The zero-order valence-corrected chi connectivity index (χ0v) is 18.3. The van der Waals surface area contributed by atoms with Crippen molar-refractivity contribution >= 4 is 29.9 Å². The van der Waals surface area contributed by atoms with Crippen LogP contribution in [0.15, 0.2) is 11.1 Å². The maximum atomic E-state index is 4.48. The van der Waals surface area contributed by atoms with Gasteiger partial charge in [-0.05, 0) is 45.8 Å². The van der Waals surface area contributed by atoms with Gasteiger partial charge < -0.3 is 15.5 Å². The molecule has 0 saturated carbocycles. The summed E-state index contributed by atoms with van der Waals surface area (Å²) in [5.74, 6) is 0.880. The van der Waals surface area contributed by atoms with Crippen LogP contribution in [0.4, 0.5) is 0 Å². The smallest absolute Gasteiger partial charge is 0.191 e. The van der Waals surface area contributed by atoms with Crippen molar-refractivity contribution in [1.82, 2.24) is 25.3 Å². The summed E-state index contributed by atoms with van der Waals surface area (Å²) in [5.41, 5.74) is 2.31. The number of nitrogens with one attached hydrogen (secondary N) is 2. The highest BCUT2D eigenvalue weighted by molar-refractivity contribution is 14.0. The zero-order chi connectivity index (χ0) is 17.1. The van der Waals surface area contributed by atoms with Gasteiger partial charge in [0.1, 0.15) is 0 Å². The van der Waals surface area contributed by atoms with E-state index >= 15 is 0 Å². The highest BCUT2D eigenvalue weighted by atomic mass is 127. The Labute approximate surface area is 164 Å². The van der Waals surface area contributed by atoms with E-state index in [2.05, 4.69) is 57.1 Å². The molecule has 0 radical (unpaired) electrons. The number of halogens is 1. The summed E-state index contributed by atoms with van der Waals surface area (Å²) in [5, 5.41) is 11.2. The lowest BCUT2D eigenvalue weighted by molar-refractivity contribution is 0.293. The normalized spacial score (nSPS) is 11.5. The van der Waals surface area contributed by atoms with Crippen LogP contribution in [0.1, 0.15) is 38.1 Å². The van der Waals surface area contributed by atoms with E-state index in [0.29, 0.717) is 0 Å². The van der Waals surface area contributed by atoms with Crippen LogP contribution in [0.3, 0.4) is 0 Å². The summed E-state index contributed by atoms with van der Waals surface area (Å²) < 4.78 is 2.07. The van der Waals surface area contributed by atoms with E-state index in [4.69, 9.17) is 0 Å². The standard InChI is InChI=1S/C17H34N6.HI/c1-6-11-22(7-2)13-10-20-17(18-5)19-9-8-12-23-16(4)14-15(3)21-23;/h14H,6-13H2,1-5H3,(H2,18,19,20);1H. The summed E-state index contributed by atoms with van der Waals surface area (Å²) in [6, 6.07) is 2.11. The van der Waals surface area contributed by atoms with E-state index < -0.39 is 0 Å². The van der Waals surface area contributed by atoms with Crippen LogP contribution in [-0.4, -0.2) is 60.4 Å². The van der Waals surface area contributed by atoms with Gasteiger partial charge in [0.15, 0.2) is 5.96 Å². The van der Waals surface area contributed by atoms with Crippen LogP contribution in [0, 0.1) is 13.8 Å². The molecule has 0 amide bonds. The molecule has 24 heavy (non-hydrogen) atoms. The van der Waals surface area contributed by atoms with Gasteiger partial charge >= 0.3 is 0 Å². The Kier molecular flexibility index (Phi) is 13.0. The molecule has 7 heteroatoms. The first kappa shape index (κ1) is 23.2. The van der Waals surface area contributed by atoms with Crippen LogP contribution < -0.4 is 10.6 Å². The number of guanidine groups is 1. The predicted molar refractivity (Wildman–Crippen MR) is 114 cm³/mol. The fraction of sp³-hybridized carbons (Fsp3) is 0.765. The van der Waals surface area contributed by atoms with Gasteiger partial charge in [-0.15, -0.1) is 24.0 Å². The second-order valence-corrected chi connectivity index (χ2v) is 5.86. The molecule has 0 aromatic carbocycles. The minimum Gasteiger partial charge on any atom is -0.356 e. The maximum absolute atomic E-state index is 4.48. The lowest BCUT2D eigenvalue weighted by atomic mass is 10.4. The molecule has 0 unspecified atom stereocenters. The highest BCUT2D eigenvalue weighted by Gasteiger charge is 2.03. The first-order valence-electron chi connectivity index (χ1n) is 8.78. The minimum absolute atomic E-state index is 0. The number of aliphatic imine (C=N–C) groups is 1. The third-order valence-corrected chi connectivity index (χ3v) is 3.87. The molecule has 0 aliphatic carbocycles. The number of hydrogen-bond acceptors (Lipinski definition) is 3. The summed E-state index contributed by atoms with van der Waals surface area (Å²) in [6.45, 7) is 14.6. The molecule has 6 nitrogen and oxygen atoms in total. The lowest BCUT2D eigenvalue weighted by Crippen LogP contribution is -2.42. The number of aryl methyl sites for hydroxylation is 3. The van der Waals surface area contributed by atoms with Crippen molar-refractivity contribution in [3.8, 4) is 0 Å². The van der Waals surface area contributed by atoms with Crippen molar-refractivity contribution in [1.29, 1.82) is 0 Å². The zero-order valence-electron chi connectivity index (χ0n) is 15.9. The molecular weight excluding hydrogens is 415 g/mol. The number of hydrogen-bond donors (Lipinski definition) is 2. The molecule has 140 valence electrons. The summed E-state index contributed by atoms with van der Waals surface area (Å²) in [4.78, 5) is 6.72. The molecule has 1 aromatic heterocycles. The number of rotatable bonds is 10. The maximum Gasteiger partial charge on any atom is 0.191 e. The molecule has 0 saturated heterocycles. The first-order valence-corrected chi connectivity index (χ1v) is 8.78. The first-order chi connectivity index (χ1) is 11.1. The van der Waals surface area contributed by atoms with Crippen LogP contribution in [0.2, 0.25) is 0 Å². The molecular formula is C17H35IN6. The molecule has 0 spiro atoms. The molecule has 2 N–H and O–H groups in total. The minimum atomic E-state index is 0. The molecule has 0 aliphatic heterocycles. The molecule has 0 atom stereocenters. The average Bonchev–Trinajstić information content (AvgIpc) is 2.86.